The third kappa shape index (κ3) is 4.08. The molecule has 0 radical (unpaired) electrons. The molecule has 0 bridgehead atoms. The molecule has 0 amide bonds. The highest BCUT2D eigenvalue weighted by molar-refractivity contribution is 9.10. The maximum absolute atomic E-state index is 9.90. The van der Waals surface area contributed by atoms with Crippen molar-refractivity contribution in [3.8, 4) is 5.75 Å². The zero-order chi connectivity index (χ0) is 13.7. The average Bonchev–Trinajstić information content (AvgIpc) is 2.43. The topological polar surface area (TPSA) is 23.5 Å². The van der Waals surface area contributed by atoms with Crippen LogP contribution in [0, 0.1) is 0 Å². The van der Waals surface area contributed by atoms with Gasteiger partial charge in [-0.3, -0.25) is 4.90 Å². The third-order valence-electron chi connectivity index (χ3n) is 3.13. The fourth-order valence-corrected chi connectivity index (χ4v) is 2.45. The molecule has 0 aliphatic carbocycles. The summed E-state index contributed by atoms with van der Waals surface area (Å²) < 4.78 is 0.996. The summed E-state index contributed by atoms with van der Waals surface area (Å²) in [5.41, 5.74) is 2.24. The monoisotopic (exact) mass is 319 g/mol. The normalized spacial score (nSPS) is 10.9. The fourth-order valence-electron chi connectivity index (χ4n) is 2.04. The van der Waals surface area contributed by atoms with E-state index >= 15 is 0 Å². The van der Waals surface area contributed by atoms with Crippen LogP contribution in [0.2, 0.25) is 0 Å². The van der Waals surface area contributed by atoms with Crippen LogP contribution in [0.25, 0.3) is 0 Å². The zero-order valence-corrected chi connectivity index (χ0v) is 12.6. The molecule has 2 nitrogen and oxygen atoms in total. The van der Waals surface area contributed by atoms with Crippen LogP contribution >= 0.6 is 15.9 Å². The van der Waals surface area contributed by atoms with Crippen molar-refractivity contribution in [3.05, 3.63) is 64.1 Å². The number of nitrogens with zero attached hydrogens (tertiary/aromatic N) is 1. The minimum Gasteiger partial charge on any atom is -0.508 e. The van der Waals surface area contributed by atoms with Gasteiger partial charge in [-0.25, -0.2) is 0 Å². The van der Waals surface area contributed by atoms with Crippen molar-refractivity contribution >= 4 is 15.9 Å². The van der Waals surface area contributed by atoms with Gasteiger partial charge in [-0.15, -0.1) is 0 Å². The zero-order valence-electron chi connectivity index (χ0n) is 11.0. The lowest BCUT2D eigenvalue weighted by Gasteiger charge is -2.21. The highest BCUT2D eigenvalue weighted by Gasteiger charge is 2.08. The summed E-state index contributed by atoms with van der Waals surface area (Å²) in [5.74, 6) is 0.356. The molecule has 3 heteroatoms. The van der Waals surface area contributed by atoms with Crippen molar-refractivity contribution < 1.29 is 5.11 Å². The van der Waals surface area contributed by atoms with Crippen molar-refractivity contribution in [2.24, 2.45) is 0 Å². The molecule has 0 saturated carbocycles. The summed E-state index contributed by atoms with van der Waals surface area (Å²) in [6.07, 6.45) is 0. The van der Waals surface area contributed by atoms with Gasteiger partial charge in [-0.05, 0) is 30.3 Å². The molecule has 0 spiro atoms. The van der Waals surface area contributed by atoms with Gasteiger partial charge < -0.3 is 5.11 Å². The van der Waals surface area contributed by atoms with Gasteiger partial charge in [0.15, 0.2) is 0 Å². The second-order valence-corrected chi connectivity index (χ2v) is 5.48. The number of rotatable bonds is 5. The largest absolute Gasteiger partial charge is 0.508 e. The van der Waals surface area contributed by atoms with E-state index in [4.69, 9.17) is 0 Å². The molecule has 2 aromatic rings. The van der Waals surface area contributed by atoms with Crippen molar-refractivity contribution in [2.45, 2.75) is 20.0 Å². The smallest absolute Gasteiger partial charge is 0.120 e. The number of aromatic hydroxyl groups is 1. The van der Waals surface area contributed by atoms with E-state index in [-0.39, 0.29) is 0 Å². The van der Waals surface area contributed by atoms with Crippen LogP contribution in [-0.4, -0.2) is 16.6 Å². The van der Waals surface area contributed by atoms with E-state index in [0.29, 0.717) is 5.75 Å². The Morgan fingerprint density at radius 2 is 1.79 bits per heavy atom. The van der Waals surface area contributed by atoms with Gasteiger partial charge in [0.25, 0.3) is 0 Å². The van der Waals surface area contributed by atoms with E-state index in [9.17, 15) is 5.11 Å². The molecule has 0 atom stereocenters. The molecular formula is C16H18BrNO. The molecule has 0 saturated heterocycles. The number of halogens is 1. The van der Waals surface area contributed by atoms with E-state index < -0.39 is 0 Å². The van der Waals surface area contributed by atoms with Crippen LogP contribution in [0.3, 0.4) is 0 Å². The Labute approximate surface area is 122 Å². The third-order valence-corrected chi connectivity index (χ3v) is 3.62. The fraction of sp³-hybridized carbons (Fsp3) is 0.250. The summed E-state index contributed by atoms with van der Waals surface area (Å²) in [6.45, 7) is 4.72. The molecule has 0 aromatic heterocycles. The van der Waals surface area contributed by atoms with Crippen LogP contribution in [0.4, 0.5) is 0 Å². The van der Waals surface area contributed by atoms with Crippen LogP contribution in [0.5, 0.6) is 5.75 Å². The van der Waals surface area contributed by atoms with Gasteiger partial charge in [-0.2, -0.15) is 0 Å². The Morgan fingerprint density at radius 3 is 2.47 bits per heavy atom. The van der Waals surface area contributed by atoms with Crippen molar-refractivity contribution in [1.29, 1.82) is 0 Å². The number of benzene rings is 2. The Balaban J connectivity index is 2.09. The highest BCUT2D eigenvalue weighted by Crippen LogP contribution is 2.23. The van der Waals surface area contributed by atoms with Crippen molar-refractivity contribution in [1.82, 2.24) is 4.90 Å². The minimum atomic E-state index is 0.356. The Hall–Kier alpha value is -1.32. The molecule has 0 aliphatic heterocycles. The highest BCUT2D eigenvalue weighted by atomic mass is 79.9. The first kappa shape index (κ1) is 14.1. The standard InChI is InChI=1S/C16H18BrNO/c1-2-18(11-13-6-4-3-5-7-13)12-14-10-15(17)8-9-16(14)19/h3-10,19H,2,11-12H2,1H3. The molecule has 0 unspecified atom stereocenters. The molecule has 2 aromatic carbocycles. The molecule has 0 fully saturated rings. The summed E-state index contributed by atoms with van der Waals surface area (Å²) in [5, 5.41) is 9.90. The van der Waals surface area contributed by atoms with Crippen LogP contribution in [0.15, 0.2) is 53.0 Å². The van der Waals surface area contributed by atoms with Crippen molar-refractivity contribution in [3.63, 3.8) is 0 Å². The van der Waals surface area contributed by atoms with E-state index in [1.807, 2.05) is 18.2 Å². The van der Waals surface area contributed by atoms with Crippen LogP contribution in [0.1, 0.15) is 18.1 Å². The Morgan fingerprint density at radius 1 is 1.05 bits per heavy atom. The first-order chi connectivity index (χ1) is 9.19. The van der Waals surface area contributed by atoms with Gasteiger partial charge in [0, 0.05) is 23.1 Å². The van der Waals surface area contributed by atoms with E-state index in [1.54, 1.807) is 6.07 Å². The lowest BCUT2D eigenvalue weighted by molar-refractivity contribution is 0.267. The predicted molar refractivity (Wildman–Crippen MR) is 82.0 cm³/mol. The maximum Gasteiger partial charge on any atom is 0.120 e. The first-order valence-electron chi connectivity index (χ1n) is 6.42. The van der Waals surface area contributed by atoms with E-state index in [0.717, 1.165) is 29.7 Å². The summed E-state index contributed by atoms with van der Waals surface area (Å²) in [7, 11) is 0. The molecule has 0 aliphatic rings. The van der Waals surface area contributed by atoms with Crippen LogP contribution in [-0.2, 0) is 13.1 Å². The van der Waals surface area contributed by atoms with Gasteiger partial charge in [0.1, 0.15) is 5.75 Å². The first-order valence-corrected chi connectivity index (χ1v) is 7.22. The number of phenolic OH excluding ortho intramolecular Hbond substituents is 1. The SMILES string of the molecule is CCN(Cc1ccccc1)Cc1cc(Br)ccc1O. The molecule has 1 N–H and O–H groups in total. The molecule has 0 heterocycles. The Bertz CT molecular complexity index is 528. The number of phenols is 1. The summed E-state index contributed by atoms with van der Waals surface area (Å²) in [4.78, 5) is 2.30. The van der Waals surface area contributed by atoms with Gasteiger partial charge in [-0.1, -0.05) is 53.2 Å². The molecule has 100 valence electrons. The second-order valence-electron chi connectivity index (χ2n) is 4.56. The second kappa shape index (κ2) is 6.73. The molecular weight excluding hydrogens is 302 g/mol. The summed E-state index contributed by atoms with van der Waals surface area (Å²) in [6, 6.07) is 16.0. The predicted octanol–water partition coefficient (Wildman–Crippen LogP) is 4.18. The van der Waals surface area contributed by atoms with Gasteiger partial charge >= 0.3 is 0 Å². The van der Waals surface area contributed by atoms with Gasteiger partial charge in [0.05, 0.1) is 0 Å². The lowest BCUT2D eigenvalue weighted by atomic mass is 10.1. The summed E-state index contributed by atoms with van der Waals surface area (Å²) >= 11 is 3.45. The maximum atomic E-state index is 9.90. The van der Waals surface area contributed by atoms with E-state index in [2.05, 4.69) is 52.0 Å². The quantitative estimate of drug-likeness (QED) is 0.893. The average molecular weight is 320 g/mol. The minimum absolute atomic E-state index is 0.356. The van der Waals surface area contributed by atoms with E-state index in [1.165, 1.54) is 5.56 Å². The lowest BCUT2D eigenvalue weighted by Crippen LogP contribution is -2.22. The molecule has 19 heavy (non-hydrogen) atoms. The van der Waals surface area contributed by atoms with Crippen LogP contribution < -0.4 is 0 Å². The number of hydrogen-bond donors (Lipinski definition) is 1. The Kier molecular flexibility index (Phi) is 5.00. The molecule has 2 rings (SSSR count). The van der Waals surface area contributed by atoms with Gasteiger partial charge in [0.2, 0.25) is 0 Å². The number of hydrogen-bond acceptors (Lipinski definition) is 2. The van der Waals surface area contributed by atoms with Crippen molar-refractivity contribution in [2.75, 3.05) is 6.54 Å².